The quantitative estimate of drug-likeness (QED) is 0.673. The molecule has 0 spiro atoms. The number of rotatable bonds is 0. The molecule has 0 amide bonds. The van der Waals surface area contributed by atoms with Crippen LogP contribution in [-0.2, 0) is 5.41 Å². The summed E-state index contributed by atoms with van der Waals surface area (Å²) in [6.45, 7) is 6.15. The average molecular weight is 186 g/mol. The van der Waals surface area contributed by atoms with Gasteiger partial charge in [0, 0.05) is 5.56 Å². The van der Waals surface area contributed by atoms with Crippen molar-refractivity contribution in [3.8, 4) is 0 Å². The third-order valence-corrected chi connectivity index (χ3v) is 1.85. The Kier molecular flexibility index (Phi) is 2.24. The highest BCUT2D eigenvalue weighted by Gasteiger charge is 2.18. The van der Waals surface area contributed by atoms with Crippen molar-refractivity contribution in [2.24, 2.45) is 0 Å². The molecule has 1 rings (SSSR count). The van der Waals surface area contributed by atoms with Crippen LogP contribution in [0.3, 0.4) is 0 Å². The van der Waals surface area contributed by atoms with Crippen LogP contribution in [0.25, 0.3) is 0 Å². The van der Waals surface area contributed by atoms with E-state index in [2.05, 4.69) is 31.0 Å². The summed E-state index contributed by atoms with van der Waals surface area (Å²) in [5.41, 5.74) is 6.38. The molecule has 0 aliphatic rings. The lowest BCUT2D eigenvalue weighted by Crippen LogP contribution is -2.13. The molecule has 1 aromatic heterocycles. The minimum Gasteiger partial charge on any atom is -0.382 e. The topological polar surface area (TPSA) is 51.8 Å². The highest BCUT2D eigenvalue weighted by Crippen LogP contribution is 2.27. The van der Waals surface area contributed by atoms with Crippen LogP contribution in [0.15, 0.2) is 6.07 Å². The Balaban J connectivity index is 3.23. The molecule has 1 heterocycles. The molecule has 0 aliphatic carbocycles. The van der Waals surface area contributed by atoms with E-state index in [1.807, 2.05) is 0 Å². The first-order valence-corrected chi connectivity index (χ1v) is 4.08. The van der Waals surface area contributed by atoms with E-state index in [0.29, 0.717) is 11.0 Å². The third kappa shape index (κ3) is 1.85. The van der Waals surface area contributed by atoms with Gasteiger partial charge in [0.05, 0.1) is 0 Å². The summed E-state index contributed by atoms with van der Waals surface area (Å²) in [6, 6.07) is 1.76. The number of nitrogen functional groups attached to an aromatic ring is 1. The van der Waals surface area contributed by atoms with Gasteiger partial charge in [0.25, 0.3) is 0 Å². The fourth-order valence-corrected chi connectivity index (χ4v) is 1.29. The van der Waals surface area contributed by atoms with Crippen LogP contribution in [0.4, 0.5) is 5.82 Å². The van der Waals surface area contributed by atoms with Gasteiger partial charge < -0.3 is 5.73 Å². The van der Waals surface area contributed by atoms with Crippen LogP contribution in [0.1, 0.15) is 26.3 Å². The van der Waals surface area contributed by atoms with Gasteiger partial charge in [-0.1, -0.05) is 32.4 Å². The highest BCUT2D eigenvalue weighted by atomic mass is 35.5. The fraction of sp³-hybridized carbons (Fsp3) is 0.500. The van der Waals surface area contributed by atoms with Gasteiger partial charge in [-0.15, -0.1) is 10.2 Å². The number of hydrogen-bond donors (Lipinski definition) is 1. The minimum atomic E-state index is -0.0405. The maximum absolute atomic E-state index is 5.85. The minimum absolute atomic E-state index is 0.0405. The fourth-order valence-electron chi connectivity index (χ4n) is 0.918. The number of halogens is 1. The lowest BCUT2D eigenvalue weighted by molar-refractivity contribution is 0.585. The Labute approximate surface area is 76.9 Å². The number of anilines is 1. The van der Waals surface area contributed by atoms with Crippen molar-refractivity contribution in [1.29, 1.82) is 0 Å². The molecule has 0 aromatic carbocycles. The van der Waals surface area contributed by atoms with Crippen molar-refractivity contribution in [2.75, 3.05) is 5.73 Å². The molecule has 66 valence electrons. The normalized spacial score (nSPS) is 11.7. The molecule has 0 bridgehead atoms. The molecule has 0 aliphatic heterocycles. The van der Waals surface area contributed by atoms with Crippen molar-refractivity contribution in [3.63, 3.8) is 0 Å². The molecule has 0 saturated carbocycles. The molecule has 2 N–H and O–H groups in total. The van der Waals surface area contributed by atoms with Crippen molar-refractivity contribution in [2.45, 2.75) is 26.2 Å². The molecule has 0 atom stereocenters. The van der Waals surface area contributed by atoms with E-state index in [1.54, 1.807) is 6.07 Å². The largest absolute Gasteiger partial charge is 0.382 e. The van der Waals surface area contributed by atoms with E-state index in [-0.39, 0.29) is 5.41 Å². The molecule has 0 saturated heterocycles. The second-order valence-corrected chi connectivity index (χ2v) is 4.08. The summed E-state index contributed by atoms with van der Waals surface area (Å²) < 4.78 is 0. The molecular weight excluding hydrogens is 174 g/mol. The van der Waals surface area contributed by atoms with E-state index < -0.39 is 0 Å². The molecule has 1 aromatic rings. The zero-order chi connectivity index (χ0) is 9.35. The highest BCUT2D eigenvalue weighted by molar-refractivity contribution is 6.30. The molecule has 12 heavy (non-hydrogen) atoms. The summed E-state index contributed by atoms with van der Waals surface area (Å²) >= 11 is 5.85. The molecular formula is C8H12ClN3. The summed E-state index contributed by atoms with van der Waals surface area (Å²) in [5, 5.41) is 7.81. The lowest BCUT2D eigenvalue weighted by atomic mass is 9.88. The van der Waals surface area contributed by atoms with E-state index in [1.165, 1.54) is 0 Å². The monoisotopic (exact) mass is 185 g/mol. The second-order valence-electron chi connectivity index (χ2n) is 3.72. The van der Waals surface area contributed by atoms with Crippen LogP contribution >= 0.6 is 11.6 Å². The maximum Gasteiger partial charge on any atom is 0.155 e. The summed E-state index contributed by atoms with van der Waals surface area (Å²) in [6.07, 6.45) is 0. The Morgan fingerprint density at radius 2 is 1.92 bits per heavy atom. The number of nitrogens with zero attached hydrogens (tertiary/aromatic N) is 2. The Morgan fingerprint density at radius 3 is 2.33 bits per heavy atom. The standard InChI is InChI=1S/C8H12ClN3/c1-8(2,3)5-4-6(10)11-12-7(5)9/h4H,1-3H3,(H2,10,11). The van der Waals surface area contributed by atoms with Gasteiger partial charge in [-0.3, -0.25) is 0 Å². The first-order chi connectivity index (χ1) is 5.41. The van der Waals surface area contributed by atoms with Gasteiger partial charge in [-0.05, 0) is 11.5 Å². The van der Waals surface area contributed by atoms with Crippen LogP contribution in [0.5, 0.6) is 0 Å². The number of nitrogens with two attached hydrogens (primary N) is 1. The van der Waals surface area contributed by atoms with E-state index in [9.17, 15) is 0 Å². The number of hydrogen-bond acceptors (Lipinski definition) is 3. The zero-order valence-electron chi connectivity index (χ0n) is 7.43. The van der Waals surface area contributed by atoms with Gasteiger partial charge in [0.2, 0.25) is 0 Å². The summed E-state index contributed by atoms with van der Waals surface area (Å²) in [4.78, 5) is 0. The van der Waals surface area contributed by atoms with Gasteiger partial charge in [0.1, 0.15) is 5.82 Å². The summed E-state index contributed by atoms with van der Waals surface area (Å²) in [5.74, 6) is 0.407. The number of aromatic nitrogens is 2. The Hall–Kier alpha value is -0.830. The van der Waals surface area contributed by atoms with Crippen molar-refractivity contribution >= 4 is 17.4 Å². The van der Waals surface area contributed by atoms with Gasteiger partial charge in [-0.2, -0.15) is 0 Å². The molecule has 0 unspecified atom stereocenters. The third-order valence-electron chi connectivity index (χ3n) is 1.58. The van der Waals surface area contributed by atoms with Crippen molar-refractivity contribution < 1.29 is 0 Å². The molecule has 4 heteroatoms. The van der Waals surface area contributed by atoms with E-state index >= 15 is 0 Å². The van der Waals surface area contributed by atoms with Gasteiger partial charge in [-0.25, -0.2) is 0 Å². The Bertz CT molecular complexity index is 291. The van der Waals surface area contributed by atoms with Crippen LogP contribution in [0.2, 0.25) is 5.15 Å². The van der Waals surface area contributed by atoms with Crippen molar-refractivity contribution in [1.82, 2.24) is 10.2 Å². The second kappa shape index (κ2) is 2.90. The maximum atomic E-state index is 5.85. The first-order valence-electron chi connectivity index (χ1n) is 3.70. The molecule has 0 radical (unpaired) electrons. The Morgan fingerprint density at radius 1 is 1.33 bits per heavy atom. The predicted molar refractivity (Wildman–Crippen MR) is 50.2 cm³/mol. The van der Waals surface area contributed by atoms with Crippen molar-refractivity contribution in [3.05, 3.63) is 16.8 Å². The molecule has 0 fully saturated rings. The van der Waals surface area contributed by atoms with Crippen LogP contribution < -0.4 is 5.73 Å². The SMILES string of the molecule is CC(C)(C)c1cc(N)nnc1Cl. The molecule has 3 nitrogen and oxygen atoms in total. The van der Waals surface area contributed by atoms with Gasteiger partial charge >= 0.3 is 0 Å². The smallest absolute Gasteiger partial charge is 0.155 e. The van der Waals surface area contributed by atoms with E-state index in [4.69, 9.17) is 17.3 Å². The predicted octanol–water partition coefficient (Wildman–Crippen LogP) is 2.01. The van der Waals surface area contributed by atoms with Crippen LogP contribution in [-0.4, -0.2) is 10.2 Å². The van der Waals surface area contributed by atoms with Gasteiger partial charge in [0.15, 0.2) is 5.15 Å². The summed E-state index contributed by atoms with van der Waals surface area (Å²) in [7, 11) is 0. The lowest BCUT2D eigenvalue weighted by Gasteiger charge is -2.19. The van der Waals surface area contributed by atoms with Crippen LogP contribution in [0, 0.1) is 0 Å². The average Bonchev–Trinajstić information content (AvgIpc) is 1.92. The first kappa shape index (κ1) is 9.26. The zero-order valence-corrected chi connectivity index (χ0v) is 8.18. The van der Waals surface area contributed by atoms with E-state index in [0.717, 1.165) is 5.56 Å².